The van der Waals surface area contributed by atoms with Crippen LogP contribution in [0.15, 0.2) is 35.2 Å². The molecule has 92 valence electrons. The Morgan fingerprint density at radius 3 is 2.88 bits per heavy atom. The summed E-state index contributed by atoms with van der Waals surface area (Å²) in [5.74, 6) is 0.798. The van der Waals surface area contributed by atoms with Crippen molar-refractivity contribution in [3.05, 3.63) is 30.3 Å². The van der Waals surface area contributed by atoms with E-state index in [0.717, 1.165) is 37.5 Å². The number of hydrogen-bond acceptors (Lipinski definition) is 3. The van der Waals surface area contributed by atoms with Crippen LogP contribution in [-0.2, 0) is 4.79 Å². The highest BCUT2D eigenvalue weighted by Gasteiger charge is 2.14. The van der Waals surface area contributed by atoms with E-state index in [2.05, 4.69) is 5.32 Å². The van der Waals surface area contributed by atoms with Gasteiger partial charge in [-0.05, 0) is 25.1 Å². The van der Waals surface area contributed by atoms with Gasteiger partial charge in [0.1, 0.15) is 0 Å². The lowest BCUT2D eigenvalue weighted by atomic mass is 10.4. The maximum Gasteiger partial charge on any atom is 0.232 e. The zero-order valence-corrected chi connectivity index (χ0v) is 10.7. The van der Waals surface area contributed by atoms with Crippen molar-refractivity contribution in [2.45, 2.75) is 11.3 Å². The van der Waals surface area contributed by atoms with Gasteiger partial charge in [-0.25, -0.2) is 0 Å². The molecule has 1 fully saturated rings. The highest BCUT2D eigenvalue weighted by molar-refractivity contribution is 8.00. The Labute approximate surface area is 107 Å². The number of nitrogens with one attached hydrogen (secondary N) is 1. The molecule has 1 aromatic carbocycles. The quantitative estimate of drug-likeness (QED) is 0.827. The number of thioether (sulfide) groups is 1. The van der Waals surface area contributed by atoms with Crippen molar-refractivity contribution in [2.24, 2.45) is 0 Å². The van der Waals surface area contributed by atoms with E-state index in [0.29, 0.717) is 5.75 Å². The third kappa shape index (κ3) is 4.06. The van der Waals surface area contributed by atoms with Gasteiger partial charge >= 0.3 is 0 Å². The number of rotatable bonds is 3. The van der Waals surface area contributed by atoms with Crippen LogP contribution in [0.3, 0.4) is 0 Å². The first-order valence-electron chi connectivity index (χ1n) is 6.02. The second-order valence-electron chi connectivity index (χ2n) is 4.09. The Morgan fingerprint density at radius 2 is 2.06 bits per heavy atom. The summed E-state index contributed by atoms with van der Waals surface area (Å²) in [6.07, 6.45) is 1.06. The summed E-state index contributed by atoms with van der Waals surface area (Å²) in [6, 6.07) is 10.1. The van der Waals surface area contributed by atoms with Crippen molar-refractivity contribution in [1.29, 1.82) is 0 Å². The molecule has 2 rings (SSSR count). The molecule has 0 unspecified atom stereocenters. The van der Waals surface area contributed by atoms with Gasteiger partial charge in [0.2, 0.25) is 5.91 Å². The van der Waals surface area contributed by atoms with Gasteiger partial charge in [-0.3, -0.25) is 4.79 Å². The average Bonchev–Trinajstić information content (AvgIpc) is 2.66. The van der Waals surface area contributed by atoms with E-state index in [1.165, 1.54) is 0 Å². The molecule has 0 bridgehead atoms. The van der Waals surface area contributed by atoms with E-state index in [1.54, 1.807) is 11.8 Å². The minimum absolute atomic E-state index is 0.252. The summed E-state index contributed by atoms with van der Waals surface area (Å²) in [5.41, 5.74) is 0. The summed E-state index contributed by atoms with van der Waals surface area (Å²) < 4.78 is 0. The lowest BCUT2D eigenvalue weighted by Crippen LogP contribution is -2.35. The predicted molar refractivity (Wildman–Crippen MR) is 71.2 cm³/mol. The first-order valence-corrected chi connectivity index (χ1v) is 7.01. The molecule has 0 aliphatic carbocycles. The minimum Gasteiger partial charge on any atom is -0.341 e. The lowest BCUT2D eigenvalue weighted by molar-refractivity contribution is -0.128. The smallest absolute Gasteiger partial charge is 0.232 e. The van der Waals surface area contributed by atoms with Crippen LogP contribution < -0.4 is 5.32 Å². The molecule has 4 heteroatoms. The van der Waals surface area contributed by atoms with Crippen molar-refractivity contribution < 1.29 is 4.79 Å². The molecular weight excluding hydrogens is 232 g/mol. The second-order valence-corrected chi connectivity index (χ2v) is 5.13. The Morgan fingerprint density at radius 1 is 1.24 bits per heavy atom. The molecule has 1 saturated heterocycles. The van der Waals surface area contributed by atoms with E-state index in [4.69, 9.17) is 0 Å². The van der Waals surface area contributed by atoms with Crippen LogP contribution in [0.2, 0.25) is 0 Å². The summed E-state index contributed by atoms with van der Waals surface area (Å²) in [7, 11) is 0. The van der Waals surface area contributed by atoms with Crippen LogP contribution in [0.1, 0.15) is 6.42 Å². The molecule has 1 aromatic rings. The number of nitrogens with zero attached hydrogens (tertiary/aromatic N) is 1. The van der Waals surface area contributed by atoms with Gasteiger partial charge < -0.3 is 10.2 Å². The van der Waals surface area contributed by atoms with Gasteiger partial charge in [0.25, 0.3) is 0 Å². The number of benzene rings is 1. The molecule has 1 amide bonds. The molecule has 17 heavy (non-hydrogen) atoms. The zero-order valence-electron chi connectivity index (χ0n) is 9.89. The summed E-state index contributed by atoms with van der Waals surface area (Å²) in [6.45, 7) is 3.67. The number of carbonyl (C=O) groups is 1. The fourth-order valence-electron chi connectivity index (χ4n) is 1.85. The van der Waals surface area contributed by atoms with Crippen LogP contribution in [-0.4, -0.2) is 42.7 Å². The topological polar surface area (TPSA) is 32.3 Å². The van der Waals surface area contributed by atoms with Crippen LogP contribution in [0.4, 0.5) is 0 Å². The van der Waals surface area contributed by atoms with Crippen LogP contribution in [0.25, 0.3) is 0 Å². The van der Waals surface area contributed by atoms with Crippen molar-refractivity contribution in [3.63, 3.8) is 0 Å². The molecule has 0 saturated carbocycles. The van der Waals surface area contributed by atoms with Gasteiger partial charge in [0.15, 0.2) is 0 Å². The molecule has 0 atom stereocenters. The summed E-state index contributed by atoms with van der Waals surface area (Å²) in [5, 5.41) is 3.31. The predicted octanol–water partition coefficient (Wildman–Crippen LogP) is 1.60. The van der Waals surface area contributed by atoms with Crippen LogP contribution >= 0.6 is 11.8 Å². The summed E-state index contributed by atoms with van der Waals surface area (Å²) >= 11 is 1.62. The SMILES string of the molecule is O=C(CSc1ccccc1)N1CCCNCC1. The molecule has 0 radical (unpaired) electrons. The first-order chi connectivity index (χ1) is 8.36. The third-order valence-corrected chi connectivity index (χ3v) is 3.80. The maximum atomic E-state index is 12.0. The first kappa shape index (κ1) is 12.5. The molecule has 1 N–H and O–H groups in total. The van der Waals surface area contributed by atoms with Gasteiger partial charge in [0.05, 0.1) is 5.75 Å². The van der Waals surface area contributed by atoms with Gasteiger partial charge in [-0.1, -0.05) is 18.2 Å². The lowest BCUT2D eigenvalue weighted by Gasteiger charge is -2.19. The number of hydrogen-bond donors (Lipinski definition) is 1. The van der Waals surface area contributed by atoms with Crippen molar-refractivity contribution in [1.82, 2.24) is 10.2 Å². The molecule has 3 nitrogen and oxygen atoms in total. The molecular formula is C13H18N2OS. The van der Waals surface area contributed by atoms with E-state index in [1.807, 2.05) is 35.2 Å². The van der Waals surface area contributed by atoms with E-state index in [9.17, 15) is 4.79 Å². The Hall–Kier alpha value is -1.00. The van der Waals surface area contributed by atoms with Crippen LogP contribution in [0.5, 0.6) is 0 Å². The molecule has 0 aromatic heterocycles. The van der Waals surface area contributed by atoms with Crippen molar-refractivity contribution in [2.75, 3.05) is 31.9 Å². The summed E-state index contributed by atoms with van der Waals surface area (Å²) in [4.78, 5) is 15.1. The zero-order chi connectivity index (χ0) is 11.9. The Kier molecular flexibility index (Phi) is 4.88. The fourth-order valence-corrected chi connectivity index (χ4v) is 2.67. The number of carbonyl (C=O) groups excluding carboxylic acids is 1. The standard InChI is InChI=1S/C13H18N2OS/c16-13(15-9-4-7-14-8-10-15)11-17-12-5-2-1-3-6-12/h1-3,5-6,14H,4,7-11H2. The van der Waals surface area contributed by atoms with E-state index in [-0.39, 0.29) is 5.91 Å². The molecule has 1 aliphatic heterocycles. The highest BCUT2D eigenvalue weighted by atomic mass is 32.2. The molecule has 1 aliphatic rings. The monoisotopic (exact) mass is 250 g/mol. The maximum absolute atomic E-state index is 12.0. The minimum atomic E-state index is 0.252. The van der Waals surface area contributed by atoms with Crippen LogP contribution in [0, 0.1) is 0 Å². The average molecular weight is 250 g/mol. The highest BCUT2D eigenvalue weighted by Crippen LogP contribution is 2.17. The van der Waals surface area contributed by atoms with Gasteiger partial charge in [0, 0.05) is 24.5 Å². The van der Waals surface area contributed by atoms with Gasteiger partial charge in [-0.2, -0.15) is 0 Å². The van der Waals surface area contributed by atoms with Gasteiger partial charge in [-0.15, -0.1) is 11.8 Å². The second kappa shape index (κ2) is 6.67. The van der Waals surface area contributed by atoms with E-state index >= 15 is 0 Å². The normalized spacial score (nSPS) is 16.6. The van der Waals surface area contributed by atoms with Crippen molar-refractivity contribution >= 4 is 17.7 Å². The molecule has 0 spiro atoms. The Bertz CT molecular complexity index is 348. The third-order valence-electron chi connectivity index (χ3n) is 2.80. The van der Waals surface area contributed by atoms with Crippen molar-refractivity contribution in [3.8, 4) is 0 Å². The largest absolute Gasteiger partial charge is 0.341 e. The fraction of sp³-hybridized carbons (Fsp3) is 0.462. The molecule has 1 heterocycles. The van der Waals surface area contributed by atoms with E-state index < -0.39 is 0 Å². The Balaban J connectivity index is 1.80. The number of amides is 1.